The number of rotatable bonds is 5. The van der Waals surface area contributed by atoms with E-state index in [1.54, 1.807) is 31.3 Å². The number of aromatic nitrogens is 2. The van der Waals surface area contributed by atoms with Gasteiger partial charge in [-0.25, -0.2) is 8.78 Å². The molecule has 0 spiro atoms. The third-order valence-electron chi connectivity index (χ3n) is 7.14. The zero-order chi connectivity index (χ0) is 29.4. The SMILES string of the molecule is CC.CN.Cc1cc(C(=O)NCC2CCC(c3ccnc4ccc(F)cc34)CC2)c(-c2ccc(O)c(O)c2F)[nH]1. The topological polar surface area (TPSA) is 124 Å². The van der Waals surface area contributed by atoms with E-state index in [9.17, 15) is 23.8 Å². The van der Waals surface area contributed by atoms with Gasteiger partial charge in [0.1, 0.15) is 5.82 Å². The van der Waals surface area contributed by atoms with Gasteiger partial charge in [-0.15, -0.1) is 0 Å². The summed E-state index contributed by atoms with van der Waals surface area (Å²) in [5, 5.41) is 23.1. The molecule has 0 saturated heterocycles. The summed E-state index contributed by atoms with van der Waals surface area (Å²) in [5.74, 6) is -2.40. The number of aromatic hydroxyl groups is 2. The van der Waals surface area contributed by atoms with Gasteiger partial charge in [-0.3, -0.25) is 9.78 Å². The molecule has 1 fully saturated rings. The van der Waals surface area contributed by atoms with Crippen LogP contribution in [0.2, 0.25) is 0 Å². The van der Waals surface area contributed by atoms with E-state index in [1.165, 1.54) is 25.2 Å². The summed E-state index contributed by atoms with van der Waals surface area (Å²) >= 11 is 0. The van der Waals surface area contributed by atoms with E-state index < -0.39 is 17.3 Å². The molecule has 0 radical (unpaired) electrons. The van der Waals surface area contributed by atoms with Gasteiger partial charge in [0.2, 0.25) is 0 Å². The van der Waals surface area contributed by atoms with Gasteiger partial charge in [-0.2, -0.15) is 0 Å². The third-order valence-corrected chi connectivity index (χ3v) is 7.14. The fraction of sp³-hybridized carbons (Fsp3) is 0.355. The number of amides is 1. The lowest BCUT2D eigenvalue weighted by Crippen LogP contribution is -2.31. The van der Waals surface area contributed by atoms with Crippen LogP contribution in [0.25, 0.3) is 22.2 Å². The number of aromatic amines is 1. The highest BCUT2D eigenvalue weighted by Crippen LogP contribution is 2.39. The third kappa shape index (κ3) is 6.59. The molecule has 7 nitrogen and oxygen atoms in total. The summed E-state index contributed by atoms with van der Waals surface area (Å²) < 4.78 is 28.4. The number of nitrogens with one attached hydrogen (secondary N) is 2. The van der Waals surface area contributed by atoms with E-state index in [2.05, 4.69) is 21.0 Å². The number of hydrogen-bond donors (Lipinski definition) is 5. The molecular weight excluding hydrogens is 514 g/mol. The maximum atomic E-state index is 14.6. The Morgan fingerprint density at radius 1 is 1.05 bits per heavy atom. The molecule has 0 atom stereocenters. The van der Waals surface area contributed by atoms with Crippen LogP contribution in [0.4, 0.5) is 8.78 Å². The summed E-state index contributed by atoms with van der Waals surface area (Å²) in [5.41, 5.74) is 7.61. The predicted molar refractivity (Wildman–Crippen MR) is 154 cm³/mol. The monoisotopic (exact) mass is 552 g/mol. The smallest absolute Gasteiger partial charge is 0.253 e. The molecule has 40 heavy (non-hydrogen) atoms. The number of nitrogens with two attached hydrogens (primary N) is 1. The minimum Gasteiger partial charge on any atom is -0.504 e. The van der Waals surface area contributed by atoms with E-state index in [-0.39, 0.29) is 28.5 Å². The maximum Gasteiger partial charge on any atom is 0.253 e. The summed E-state index contributed by atoms with van der Waals surface area (Å²) in [7, 11) is 1.50. The summed E-state index contributed by atoms with van der Waals surface area (Å²) in [6.07, 6.45) is 5.48. The second-order valence-corrected chi connectivity index (χ2v) is 9.53. The molecule has 6 N–H and O–H groups in total. The van der Waals surface area contributed by atoms with Crippen molar-refractivity contribution in [2.24, 2.45) is 11.7 Å². The lowest BCUT2D eigenvalue weighted by Gasteiger charge is -2.29. The van der Waals surface area contributed by atoms with Gasteiger partial charge >= 0.3 is 0 Å². The Hall–Kier alpha value is -3.98. The molecule has 1 aliphatic carbocycles. The minimum atomic E-state index is -0.993. The van der Waals surface area contributed by atoms with Crippen LogP contribution >= 0.6 is 0 Å². The standard InChI is InChI=1S/C28H27F2N3O3.C2H6.CH5N/c1-15-12-22(26(33-15)20-7-9-24(34)27(35)25(20)30)28(36)32-14-16-2-4-17(5-3-16)19-10-11-31-23-8-6-18(29)13-21(19)23;2*1-2/h6-13,16-17,33-35H,2-5,14H2,1H3,(H,32,36);1-2H3;2H2,1H3. The quantitative estimate of drug-likeness (QED) is 0.180. The number of phenolic OH excluding ortho intramolecular Hbond substituents is 2. The molecular formula is C31H38F2N4O3. The molecule has 5 rings (SSSR count). The van der Waals surface area contributed by atoms with Gasteiger partial charge in [-0.1, -0.05) is 13.8 Å². The van der Waals surface area contributed by atoms with Crippen LogP contribution in [0.3, 0.4) is 0 Å². The van der Waals surface area contributed by atoms with Crippen molar-refractivity contribution >= 4 is 16.8 Å². The minimum absolute atomic E-state index is 0.00470. The molecule has 2 aromatic heterocycles. The number of nitrogens with zero attached hydrogens (tertiary/aromatic N) is 1. The lowest BCUT2D eigenvalue weighted by atomic mass is 9.78. The van der Waals surface area contributed by atoms with Crippen molar-refractivity contribution < 1.29 is 23.8 Å². The second-order valence-electron chi connectivity index (χ2n) is 9.53. The van der Waals surface area contributed by atoms with Crippen molar-refractivity contribution in [3.63, 3.8) is 0 Å². The number of aryl methyl sites for hydroxylation is 1. The second kappa shape index (κ2) is 13.9. The van der Waals surface area contributed by atoms with E-state index >= 15 is 0 Å². The Morgan fingerprint density at radius 2 is 1.75 bits per heavy atom. The first-order chi connectivity index (χ1) is 19.3. The summed E-state index contributed by atoms with van der Waals surface area (Å²) in [6.45, 7) is 6.25. The van der Waals surface area contributed by atoms with E-state index in [0.717, 1.165) is 42.1 Å². The van der Waals surface area contributed by atoms with Gasteiger partial charge in [0.15, 0.2) is 17.3 Å². The van der Waals surface area contributed by atoms with Crippen LogP contribution in [0.1, 0.15) is 67.1 Å². The van der Waals surface area contributed by atoms with Crippen LogP contribution in [0.15, 0.2) is 48.7 Å². The Morgan fingerprint density at radius 3 is 2.45 bits per heavy atom. The first-order valence-electron chi connectivity index (χ1n) is 13.6. The first-order valence-corrected chi connectivity index (χ1v) is 13.6. The summed E-state index contributed by atoms with van der Waals surface area (Å²) in [6, 6.07) is 10.8. The fourth-order valence-corrected chi connectivity index (χ4v) is 5.23. The van der Waals surface area contributed by atoms with Crippen molar-refractivity contribution in [2.75, 3.05) is 13.6 Å². The maximum absolute atomic E-state index is 14.6. The van der Waals surface area contributed by atoms with Crippen LogP contribution in [-0.2, 0) is 0 Å². The number of carbonyl (C=O) groups excluding carboxylic acids is 1. The molecule has 2 heterocycles. The average molecular weight is 553 g/mol. The molecule has 1 saturated carbocycles. The zero-order valence-corrected chi connectivity index (χ0v) is 23.4. The molecule has 0 unspecified atom stereocenters. The normalized spacial score (nSPS) is 16.4. The van der Waals surface area contributed by atoms with Crippen molar-refractivity contribution in [3.05, 3.63) is 77.1 Å². The van der Waals surface area contributed by atoms with E-state index in [1.807, 2.05) is 19.9 Å². The number of hydrogen-bond acceptors (Lipinski definition) is 5. The number of carbonyl (C=O) groups is 1. The van der Waals surface area contributed by atoms with Gasteiger partial charge < -0.3 is 26.2 Å². The van der Waals surface area contributed by atoms with Gasteiger partial charge in [-0.05, 0) is 99.5 Å². The average Bonchev–Trinajstić information content (AvgIpc) is 3.38. The lowest BCUT2D eigenvalue weighted by molar-refractivity contribution is 0.0943. The molecule has 1 amide bonds. The molecule has 214 valence electrons. The van der Waals surface area contributed by atoms with Crippen LogP contribution < -0.4 is 11.1 Å². The predicted octanol–water partition coefficient (Wildman–Crippen LogP) is 6.53. The van der Waals surface area contributed by atoms with Crippen LogP contribution in [0, 0.1) is 24.5 Å². The Labute approximate surface area is 233 Å². The highest BCUT2D eigenvalue weighted by atomic mass is 19.1. The fourth-order valence-electron chi connectivity index (χ4n) is 5.23. The van der Waals surface area contributed by atoms with Crippen molar-refractivity contribution in [1.82, 2.24) is 15.3 Å². The van der Waals surface area contributed by atoms with E-state index in [4.69, 9.17) is 0 Å². The molecule has 9 heteroatoms. The molecule has 0 aliphatic heterocycles. The highest BCUT2D eigenvalue weighted by molar-refractivity contribution is 6.00. The van der Waals surface area contributed by atoms with Crippen molar-refractivity contribution in [2.45, 2.75) is 52.4 Å². The molecule has 2 aromatic carbocycles. The number of halogens is 2. The Balaban J connectivity index is 0.00000106. The van der Waals surface area contributed by atoms with E-state index in [0.29, 0.717) is 24.1 Å². The first kappa shape index (κ1) is 30.6. The van der Waals surface area contributed by atoms with Crippen molar-refractivity contribution in [3.8, 4) is 22.8 Å². The highest BCUT2D eigenvalue weighted by Gasteiger charge is 2.26. The van der Waals surface area contributed by atoms with Gasteiger partial charge in [0.25, 0.3) is 5.91 Å². The largest absolute Gasteiger partial charge is 0.504 e. The van der Waals surface area contributed by atoms with Crippen LogP contribution in [-0.4, -0.2) is 39.7 Å². The van der Waals surface area contributed by atoms with Crippen molar-refractivity contribution in [1.29, 1.82) is 0 Å². The zero-order valence-electron chi connectivity index (χ0n) is 23.4. The van der Waals surface area contributed by atoms with Gasteiger partial charge in [0.05, 0.1) is 16.8 Å². The molecule has 0 bridgehead atoms. The number of phenols is 2. The molecule has 1 aliphatic rings. The number of benzene rings is 2. The summed E-state index contributed by atoms with van der Waals surface area (Å²) in [4.78, 5) is 20.3. The molecule has 4 aromatic rings. The number of fused-ring (bicyclic) bond motifs is 1. The Bertz CT molecular complexity index is 1450. The van der Waals surface area contributed by atoms with Gasteiger partial charge in [0, 0.05) is 29.4 Å². The van der Waals surface area contributed by atoms with Crippen LogP contribution in [0.5, 0.6) is 11.5 Å². The number of pyridine rings is 1. The number of H-pyrrole nitrogens is 1. The Kier molecular flexibility index (Phi) is 10.6.